The van der Waals surface area contributed by atoms with Crippen LogP contribution in [0, 0.1) is 5.92 Å². The minimum absolute atomic E-state index is 0.0759. The second kappa shape index (κ2) is 7.41. The van der Waals surface area contributed by atoms with Crippen LogP contribution in [-0.2, 0) is 0 Å². The van der Waals surface area contributed by atoms with Gasteiger partial charge < -0.3 is 10.4 Å². The van der Waals surface area contributed by atoms with E-state index in [9.17, 15) is 9.90 Å². The summed E-state index contributed by atoms with van der Waals surface area (Å²) in [6.07, 6.45) is 2.59. The normalized spacial score (nSPS) is 12.6. The van der Waals surface area contributed by atoms with E-state index in [0.29, 0.717) is 17.3 Å². The maximum Gasteiger partial charge on any atom is 0.270 e. The van der Waals surface area contributed by atoms with Gasteiger partial charge in [0.1, 0.15) is 24.9 Å². The third-order valence-electron chi connectivity index (χ3n) is 4.17. The van der Waals surface area contributed by atoms with E-state index in [-0.39, 0.29) is 18.6 Å². The molecule has 0 fully saturated rings. The molecule has 0 unspecified atom stereocenters. The van der Waals surface area contributed by atoms with Gasteiger partial charge in [0.15, 0.2) is 0 Å². The number of aliphatic hydroxyl groups is 1. The van der Waals surface area contributed by atoms with Crippen LogP contribution in [0.2, 0.25) is 0 Å². The van der Waals surface area contributed by atoms with Crippen LogP contribution in [0.25, 0.3) is 16.9 Å². The largest absolute Gasteiger partial charge is 0.394 e. The maximum absolute atomic E-state index is 13.0. The standard InChI is InChI=1S/C18H22BN3O2S/c1-11(2)8-13(9-23)20-18(24)16-15(12-5-7-25-10-12)21-17-14(19)4-3-6-22(16)17/h3-7,10-11,13,23H,8-9,19H2,1-2H3,(H,20,24)/t13-/m0/s1. The Bertz CT molecular complexity index is 874. The van der Waals surface area contributed by atoms with E-state index >= 15 is 0 Å². The number of aliphatic hydroxyl groups excluding tert-OH is 1. The number of pyridine rings is 1. The van der Waals surface area contributed by atoms with Crippen molar-refractivity contribution in [1.82, 2.24) is 14.7 Å². The monoisotopic (exact) mass is 355 g/mol. The highest BCUT2D eigenvalue weighted by Crippen LogP contribution is 2.26. The summed E-state index contributed by atoms with van der Waals surface area (Å²) in [5.74, 6) is 0.178. The van der Waals surface area contributed by atoms with Crippen LogP contribution in [0.1, 0.15) is 30.8 Å². The summed E-state index contributed by atoms with van der Waals surface area (Å²) in [6.45, 7) is 4.07. The van der Waals surface area contributed by atoms with Crippen LogP contribution in [0.4, 0.5) is 0 Å². The van der Waals surface area contributed by atoms with Gasteiger partial charge in [-0.1, -0.05) is 19.9 Å². The molecule has 3 aromatic rings. The van der Waals surface area contributed by atoms with Crippen LogP contribution in [0.15, 0.2) is 35.2 Å². The van der Waals surface area contributed by atoms with Gasteiger partial charge in [-0.05, 0) is 35.3 Å². The first-order valence-electron chi connectivity index (χ1n) is 8.43. The van der Waals surface area contributed by atoms with Crippen molar-refractivity contribution in [3.63, 3.8) is 0 Å². The summed E-state index contributed by atoms with van der Waals surface area (Å²) >= 11 is 1.57. The molecule has 3 heterocycles. The van der Waals surface area contributed by atoms with Gasteiger partial charge in [-0.15, -0.1) is 0 Å². The molecule has 130 valence electrons. The first-order valence-corrected chi connectivity index (χ1v) is 9.37. The molecular weight excluding hydrogens is 333 g/mol. The van der Waals surface area contributed by atoms with E-state index in [4.69, 9.17) is 4.98 Å². The Balaban J connectivity index is 2.06. The Hall–Kier alpha value is -2.12. The van der Waals surface area contributed by atoms with Crippen molar-refractivity contribution in [3.05, 3.63) is 40.8 Å². The highest BCUT2D eigenvalue weighted by molar-refractivity contribution is 7.08. The van der Waals surface area contributed by atoms with Gasteiger partial charge in [-0.3, -0.25) is 9.20 Å². The minimum Gasteiger partial charge on any atom is -0.394 e. The second-order valence-electron chi connectivity index (χ2n) is 6.69. The molecule has 1 amide bonds. The van der Waals surface area contributed by atoms with Crippen molar-refractivity contribution in [2.24, 2.45) is 5.92 Å². The third-order valence-corrected chi connectivity index (χ3v) is 4.85. The number of carbonyl (C=O) groups excluding carboxylic acids is 1. The van der Waals surface area contributed by atoms with Crippen molar-refractivity contribution in [1.29, 1.82) is 0 Å². The summed E-state index contributed by atoms with van der Waals surface area (Å²) in [5.41, 5.74) is 3.91. The summed E-state index contributed by atoms with van der Waals surface area (Å²) < 4.78 is 1.83. The van der Waals surface area contributed by atoms with Gasteiger partial charge in [0.25, 0.3) is 5.91 Å². The molecule has 3 rings (SSSR count). The number of nitrogens with one attached hydrogen (secondary N) is 1. The van der Waals surface area contributed by atoms with Crippen LogP contribution in [0.3, 0.4) is 0 Å². The molecule has 0 aliphatic carbocycles. The van der Waals surface area contributed by atoms with E-state index in [1.54, 1.807) is 11.3 Å². The lowest BCUT2D eigenvalue weighted by Crippen LogP contribution is -2.39. The average molecular weight is 355 g/mol. The lowest BCUT2D eigenvalue weighted by atomic mass is 9.98. The van der Waals surface area contributed by atoms with E-state index in [0.717, 1.165) is 23.1 Å². The van der Waals surface area contributed by atoms with Crippen molar-refractivity contribution < 1.29 is 9.90 Å². The number of rotatable bonds is 6. The molecular formula is C18H22BN3O2S. The van der Waals surface area contributed by atoms with Gasteiger partial charge in [-0.2, -0.15) is 11.3 Å². The summed E-state index contributed by atoms with van der Waals surface area (Å²) in [7, 11) is 1.98. The number of amides is 1. The molecule has 0 spiro atoms. The number of carbonyl (C=O) groups is 1. The summed E-state index contributed by atoms with van der Waals surface area (Å²) in [6, 6.07) is 5.60. The molecule has 3 aromatic heterocycles. The molecule has 0 saturated carbocycles. The fraction of sp³-hybridized carbons (Fsp3) is 0.333. The van der Waals surface area contributed by atoms with Gasteiger partial charge in [0.05, 0.1) is 12.6 Å². The number of hydrogen-bond donors (Lipinski definition) is 2. The molecule has 0 aliphatic rings. The fourth-order valence-corrected chi connectivity index (χ4v) is 3.66. The highest BCUT2D eigenvalue weighted by atomic mass is 32.1. The first kappa shape index (κ1) is 17.7. The number of nitrogens with zero attached hydrogens (tertiary/aromatic N) is 2. The van der Waals surface area contributed by atoms with E-state index in [2.05, 4.69) is 19.2 Å². The number of hydrogen-bond acceptors (Lipinski definition) is 4. The number of imidazole rings is 1. The predicted molar refractivity (Wildman–Crippen MR) is 104 cm³/mol. The van der Waals surface area contributed by atoms with E-state index in [1.165, 1.54) is 0 Å². The van der Waals surface area contributed by atoms with Gasteiger partial charge in [0.2, 0.25) is 0 Å². The second-order valence-corrected chi connectivity index (χ2v) is 7.47. The van der Waals surface area contributed by atoms with E-state index < -0.39 is 0 Å². The molecule has 0 bridgehead atoms. The quantitative estimate of drug-likeness (QED) is 0.658. The van der Waals surface area contributed by atoms with Crippen LogP contribution in [0.5, 0.6) is 0 Å². The Kier molecular flexibility index (Phi) is 5.25. The zero-order valence-corrected chi connectivity index (χ0v) is 15.5. The van der Waals surface area contributed by atoms with Crippen molar-refractivity contribution in [2.75, 3.05) is 6.61 Å². The van der Waals surface area contributed by atoms with Gasteiger partial charge in [0, 0.05) is 17.1 Å². The van der Waals surface area contributed by atoms with Crippen molar-refractivity contribution >= 4 is 36.2 Å². The molecule has 5 nitrogen and oxygen atoms in total. The summed E-state index contributed by atoms with van der Waals surface area (Å²) in [4.78, 5) is 17.7. The molecule has 7 heteroatoms. The predicted octanol–water partition coefficient (Wildman–Crippen LogP) is 1.46. The number of fused-ring (bicyclic) bond motifs is 1. The SMILES string of the molecule is Bc1cccn2c(C(=O)N[C@H](CO)CC(C)C)c(-c3ccsc3)nc12. The topological polar surface area (TPSA) is 66.6 Å². The first-order chi connectivity index (χ1) is 12.0. The van der Waals surface area contributed by atoms with Gasteiger partial charge in [-0.25, -0.2) is 4.98 Å². The lowest BCUT2D eigenvalue weighted by molar-refractivity contribution is 0.0903. The highest BCUT2D eigenvalue weighted by Gasteiger charge is 2.23. The zero-order chi connectivity index (χ0) is 18.0. The smallest absolute Gasteiger partial charge is 0.270 e. The minimum atomic E-state index is -0.266. The van der Waals surface area contributed by atoms with Gasteiger partial charge >= 0.3 is 0 Å². The summed E-state index contributed by atoms with van der Waals surface area (Å²) in [5, 5.41) is 16.5. The van der Waals surface area contributed by atoms with Crippen LogP contribution < -0.4 is 10.8 Å². The number of aromatic nitrogens is 2. The molecule has 25 heavy (non-hydrogen) atoms. The third kappa shape index (κ3) is 3.62. The number of thiophene rings is 1. The molecule has 0 aliphatic heterocycles. The van der Waals surface area contributed by atoms with Crippen LogP contribution in [-0.4, -0.2) is 40.9 Å². The Morgan fingerprint density at radius 2 is 2.24 bits per heavy atom. The lowest BCUT2D eigenvalue weighted by Gasteiger charge is -2.18. The Labute approximate surface area is 152 Å². The van der Waals surface area contributed by atoms with Crippen LogP contribution >= 0.6 is 11.3 Å². The fourth-order valence-electron chi connectivity index (χ4n) is 3.02. The molecule has 0 aromatic carbocycles. The average Bonchev–Trinajstić information content (AvgIpc) is 3.21. The molecule has 2 N–H and O–H groups in total. The Morgan fingerprint density at radius 1 is 1.44 bits per heavy atom. The molecule has 1 atom stereocenters. The zero-order valence-electron chi connectivity index (χ0n) is 14.7. The molecule has 0 radical (unpaired) electrons. The van der Waals surface area contributed by atoms with E-state index in [1.807, 2.05) is 47.4 Å². The maximum atomic E-state index is 13.0. The Morgan fingerprint density at radius 3 is 2.88 bits per heavy atom. The molecule has 0 saturated heterocycles. The van der Waals surface area contributed by atoms with Crippen molar-refractivity contribution in [2.45, 2.75) is 26.3 Å². The van der Waals surface area contributed by atoms with Crippen molar-refractivity contribution in [3.8, 4) is 11.3 Å².